The third kappa shape index (κ3) is 6.19. The topological polar surface area (TPSA) is 35.5 Å². The molecule has 0 N–H and O–H groups in total. The Bertz CT molecular complexity index is 438. The summed E-state index contributed by atoms with van der Waals surface area (Å²) in [4.78, 5) is 12.0. The van der Waals surface area contributed by atoms with Gasteiger partial charge in [-0.1, -0.05) is 33.3 Å². The van der Waals surface area contributed by atoms with Gasteiger partial charge in [0.15, 0.2) is 0 Å². The minimum absolute atomic E-state index is 0.306. The highest BCUT2D eigenvalue weighted by molar-refractivity contribution is 5.92. The Labute approximate surface area is 128 Å². The lowest BCUT2D eigenvalue weighted by Gasteiger charge is -2.13. The number of ether oxygens (including phenoxy) is 2. The minimum atomic E-state index is -0.306. The van der Waals surface area contributed by atoms with Crippen LogP contribution in [0.25, 0.3) is 0 Å². The molecule has 0 aliphatic heterocycles. The monoisotopic (exact) mass is 292 g/mol. The first-order chi connectivity index (χ1) is 10.1. The minimum Gasteiger partial charge on any atom is -0.493 e. The Balaban J connectivity index is 2.86. The molecule has 0 heterocycles. The van der Waals surface area contributed by atoms with E-state index >= 15 is 0 Å². The molecule has 0 saturated carbocycles. The number of unbranched alkanes of at least 4 members (excludes halogenated alkanes) is 1. The lowest BCUT2D eigenvalue weighted by atomic mass is 10.1. The molecular weight excluding hydrogens is 264 g/mol. The zero-order chi connectivity index (χ0) is 15.7. The fourth-order valence-electron chi connectivity index (χ4n) is 2.00. The van der Waals surface area contributed by atoms with Crippen LogP contribution in [0.5, 0.6) is 5.75 Å². The molecule has 1 aromatic rings. The van der Waals surface area contributed by atoms with Crippen molar-refractivity contribution < 1.29 is 14.3 Å². The maximum absolute atomic E-state index is 12.0. The Morgan fingerprint density at radius 1 is 1.24 bits per heavy atom. The van der Waals surface area contributed by atoms with Crippen LogP contribution in [0, 0.1) is 5.92 Å². The van der Waals surface area contributed by atoms with E-state index in [1.165, 1.54) is 5.56 Å². The van der Waals surface area contributed by atoms with Gasteiger partial charge < -0.3 is 9.47 Å². The van der Waals surface area contributed by atoms with Crippen molar-refractivity contribution in [2.24, 2.45) is 5.92 Å². The van der Waals surface area contributed by atoms with Crippen LogP contribution in [-0.4, -0.2) is 19.2 Å². The van der Waals surface area contributed by atoms with Crippen LogP contribution in [0.15, 0.2) is 18.2 Å². The highest BCUT2D eigenvalue weighted by atomic mass is 16.5. The first kappa shape index (κ1) is 17.5. The van der Waals surface area contributed by atoms with Crippen LogP contribution < -0.4 is 4.74 Å². The predicted octanol–water partition coefficient (Wildman–Crippen LogP) is 4.63. The van der Waals surface area contributed by atoms with E-state index in [-0.39, 0.29) is 5.97 Å². The van der Waals surface area contributed by atoms with Gasteiger partial charge in [-0.15, -0.1) is 0 Å². The van der Waals surface area contributed by atoms with E-state index in [9.17, 15) is 4.79 Å². The van der Waals surface area contributed by atoms with Crippen molar-refractivity contribution in [2.45, 2.75) is 53.4 Å². The van der Waals surface area contributed by atoms with Crippen LogP contribution in [0.1, 0.15) is 62.9 Å². The fourth-order valence-corrected chi connectivity index (χ4v) is 2.00. The zero-order valence-corrected chi connectivity index (χ0v) is 13.8. The van der Waals surface area contributed by atoms with Gasteiger partial charge in [0.25, 0.3) is 0 Å². The van der Waals surface area contributed by atoms with Gasteiger partial charge in [-0.05, 0) is 49.8 Å². The van der Waals surface area contributed by atoms with Crippen LogP contribution in [0.2, 0.25) is 0 Å². The highest BCUT2D eigenvalue weighted by Crippen LogP contribution is 2.23. The second-order valence-electron chi connectivity index (χ2n) is 5.69. The summed E-state index contributed by atoms with van der Waals surface area (Å²) in [6, 6.07) is 5.81. The summed E-state index contributed by atoms with van der Waals surface area (Å²) in [5.41, 5.74) is 1.74. The molecule has 1 aromatic carbocycles. The van der Waals surface area contributed by atoms with E-state index in [0.717, 1.165) is 25.7 Å². The third-order valence-corrected chi connectivity index (χ3v) is 3.31. The fraction of sp³-hybridized carbons (Fsp3) is 0.611. The molecule has 0 spiro atoms. The molecule has 0 aliphatic carbocycles. The second kappa shape index (κ2) is 9.43. The summed E-state index contributed by atoms with van der Waals surface area (Å²) in [6.07, 6.45) is 4.29. The van der Waals surface area contributed by atoms with Crippen LogP contribution in [0.4, 0.5) is 0 Å². The number of carbonyl (C=O) groups excluding carboxylic acids is 1. The number of hydrogen-bond donors (Lipinski definition) is 0. The second-order valence-corrected chi connectivity index (χ2v) is 5.69. The molecule has 21 heavy (non-hydrogen) atoms. The third-order valence-electron chi connectivity index (χ3n) is 3.31. The first-order valence-electron chi connectivity index (χ1n) is 8.01. The normalized spacial score (nSPS) is 10.7. The smallest absolute Gasteiger partial charge is 0.341 e. The molecule has 0 unspecified atom stereocenters. The van der Waals surface area contributed by atoms with Crippen molar-refractivity contribution in [3.63, 3.8) is 0 Å². The zero-order valence-electron chi connectivity index (χ0n) is 13.8. The largest absolute Gasteiger partial charge is 0.493 e. The maximum atomic E-state index is 12.0. The van der Waals surface area contributed by atoms with Crippen molar-refractivity contribution in [3.8, 4) is 5.75 Å². The molecule has 0 radical (unpaired) electrons. The maximum Gasteiger partial charge on any atom is 0.341 e. The molecule has 1 rings (SSSR count). The molecular formula is C18H28O3. The van der Waals surface area contributed by atoms with Crippen molar-refractivity contribution in [2.75, 3.05) is 13.2 Å². The van der Waals surface area contributed by atoms with Gasteiger partial charge in [-0.25, -0.2) is 4.79 Å². The average Bonchev–Trinajstić information content (AvgIpc) is 2.45. The standard InChI is InChI=1S/C18H28O3/c1-5-7-8-15-9-10-16(18(19)20-6-2)17(13-15)21-12-11-14(3)4/h9-10,13-14H,5-8,11-12H2,1-4H3. The van der Waals surface area contributed by atoms with Gasteiger partial charge in [-0.2, -0.15) is 0 Å². The summed E-state index contributed by atoms with van der Waals surface area (Å²) < 4.78 is 10.9. The summed E-state index contributed by atoms with van der Waals surface area (Å²) in [7, 11) is 0. The molecule has 0 aliphatic rings. The number of hydrogen-bond acceptors (Lipinski definition) is 3. The van der Waals surface area contributed by atoms with Gasteiger partial charge in [0, 0.05) is 0 Å². The molecule has 0 bridgehead atoms. The van der Waals surface area contributed by atoms with Crippen LogP contribution in [0.3, 0.4) is 0 Å². The van der Waals surface area contributed by atoms with Crippen molar-refractivity contribution in [1.82, 2.24) is 0 Å². The van der Waals surface area contributed by atoms with Gasteiger partial charge >= 0.3 is 5.97 Å². The Kier molecular flexibility index (Phi) is 7.88. The lowest BCUT2D eigenvalue weighted by molar-refractivity contribution is 0.0521. The molecule has 3 nitrogen and oxygen atoms in total. The molecule has 0 atom stereocenters. The Morgan fingerprint density at radius 3 is 2.62 bits per heavy atom. The van der Waals surface area contributed by atoms with E-state index in [4.69, 9.17) is 9.47 Å². The van der Waals surface area contributed by atoms with E-state index in [1.54, 1.807) is 0 Å². The van der Waals surface area contributed by atoms with Crippen LogP contribution in [-0.2, 0) is 11.2 Å². The van der Waals surface area contributed by atoms with Crippen molar-refractivity contribution in [3.05, 3.63) is 29.3 Å². The van der Waals surface area contributed by atoms with E-state index in [0.29, 0.717) is 30.4 Å². The van der Waals surface area contributed by atoms with E-state index < -0.39 is 0 Å². The van der Waals surface area contributed by atoms with Gasteiger partial charge in [0.1, 0.15) is 11.3 Å². The van der Waals surface area contributed by atoms with Crippen molar-refractivity contribution in [1.29, 1.82) is 0 Å². The van der Waals surface area contributed by atoms with Gasteiger partial charge in [0.2, 0.25) is 0 Å². The number of aryl methyl sites for hydroxylation is 1. The highest BCUT2D eigenvalue weighted by Gasteiger charge is 2.14. The molecule has 0 amide bonds. The number of benzene rings is 1. The van der Waals surface area contributed by atoms with E-state index in [2.05, 4.69) is 20.8 Å². The number of esters is 1. The SMILES string of the molecule is CCCCc1ccc(C(=O)OCC)c(OCCC(C)C)c1. The van der Waals surface area contributed by atoms with Crippen LogP contribution >= 0.6 is 0 Å². The molecule has 118 valence electrons. The Hall–Kier alpha value is -1.51. The summed E-state index contributed by atoms with van der Waals surface area (Å²) >= 11 is 0. The van der Waals surface area contributed by atoms with Gasteiger partial charge in [0.05, 0.1) is 13.2 Å². The van der Waals surface area contributed by atoms with Crippen molar-refractivity contribution >= 4 is 5.97 Å². The summed E-state index contributed by atoms with van der Waals surface area (Å²) in [6.45, 7) is 9.31. The number of carbonyl (C=O) groups is 1. The molecule has 0 fully saturated rings. The molecule has 0 saturated heterocycles. The van der Waals surface area contributed by atoms with E-state index in [1.807, 2.05) is 25.1 Å². The molecule has 3 heteroatoms. The number of rotatable bonds is 9. The lowest BCUT2D eigenvalue weighted by Crippen LogP contribution is -2.10. The quantitative estimate of drug-likeness (QED) is 0.622. The average molecular weight is 292 g/mol. The Morgan fingerprint density at radius 2 is 2.00 bits per heavy atom. The predicted molar refractivity (Wildman–Crippen MR) is 86.0 cm³/mol. The first-order valence-corrected chi connectivity index (χ1v) is 8.01. The summed E-state index contributed by atoms with van der Waals surface area (Å²) in [5, 5.41) is 0. The molecule has 0 aromatic heterocycles. The summed E-state index contributed by atoms with van der Waals surface area (Å²) in [5.74, 6) is 0.932. The van der Waals surface area contributed by atoms with Gasteiger partial charge in [-0.3, -0.25) is 0 Å².